The van der Waals surface area contributed by atoms with Gasteiger partial charge in [-0.15, -0.1) is 0 Å². The fourth-order valence-electron chi connectivity index (χ4n) is 2.06. The van der Waals surface area contributed by atoms with E-state index in [-0.39, 0.29) is 18.1 Å². The quantitative estimate of drug-likeness (QED) is 0.776. The maximum atomic E-state index is 11.8. The van der Waals surface area contributed by atoms with Gasteiger partial charge in [0.15, 0.2) is 0 Å². The predicted molar refractivity (Wildman–Crippen MR) is 67.5 cm³/mol. The Morgan fingerprint density at radius 3 is 2.94 bits per heavy atom. The van der Waals surface area contributed by atoms with Crippen LogP contribution >= 0.6 is 0 Å². The topological polar surface area (TPSA) is 71.5 Å². The molecule has 0 bridgehead atoms. The van der Waals surface area contributed by atoms with E-state index in [0.29, 0.717) is 18.0 Å². The largest absolute Gasteiger partial charge is 0.462 e. The summed E-state index contributed by atoms with van der Waals surface area (Å²) >= 11 is 0. The molecule has 0 unspecified atom stereocenters. The highest BCUT2D eigenvalue weighted by Crippen LogP contribution is 2.35. The highest BCUT2D eigenvalue weighted by Gasteiger charge is 2.37. The molecule has 0 aromatic carbocycles. The zero-order valence-electron chi connectivity index (χ0n) is 10.5. The van der Waals surface area contributed by atoms with Gasteiger partial charge in [-0.1, -0.05) is 0 Å². The van der Waals surface area contributed by atoms with Gasteiger partial charge >= 0.3 is 5.97 Å². The molecule has 5 nitrogen and oxygen atoms in total. The number of aliphatic hydroxyl groups excluding tert-OH is 1. The molecular formula is C13H18N2O3. The van der Waals surface area contributed by atoms with Crippen molar-refractivity contribution in [2.75, 3.05) is 18.5 Å². The first-order valence-corrected chi connectivity index (χ1v) is 6.22. The Labute approximate surface area is 106 Å². The van der Waals surface area contributed by atoms with Crippen LogP contribution in [0.15, 0.2) is 18.3 Å². The van der Waals surface area contributed by atoms with Gasteiger partial charge < -0.3 is 15.2 Å². The molecular weight excluding hydrogens is 232 g/mol. The molecule has 1 aliphatic carbocycles. The highest BCUT2D eigenvalue weighted by molar-refractivity contribution is 5.94. The van der Waals surface area contributed by atoms with Crippen LogP contribution in [0.4, 0.5) is 5.82 Å². The lowest BCUT2D eigenvalue weighted by Crippen LogP contribution is -2.48. The van der Waals surface area contributed by atoms with Crippen LogP contribution in [0.2, 0.25) is 0 Å². The number of aromatic nitrogens is 1. The number of anilines is 1. The zero-order chi connectivity index (χ0) is 13.0. The molecule has 1 saturated carbocycles. The van der Waals surface area contributed by atoms with Crippen molar-refractivity contribution < 1.29 is 14.6 Å². The van der Waals surface area contributed by atoms with Crippen molar-refractivity contribution in [3.63, 3.8) is 0 Å². The minimum atomic E-state index is -0.388. The number of rotatable bonds is 5. The van der Waals surface area contributed by atoms with Crippen molar-refractivity contribution in [2.24, 2.45) is 0 Å². The third-order valence-corrected chi connectivity index (χ3v) is 3.30. The van der Waals surface area contributed by atoms with Crippen LogP contribution in [0.25, 0.3) is 0 Å². The van der Waals surface area contributed by atoms with Crippen LogP contribution in [0.3, 0.4) is 0 Å². The molecule has 18 heavy (non-hydrogen) atoms. The number of aliphatic hydroxyl groups is 1. The van der Waals surface area contributed by atoms with E-state index < -0.39 is 0 Å². The first-order chi connectivity index (χ1) is 8.71. The lowest BCUT2D eigenvalue weighted by atomic mass is 9.77. The van der Waals surface area contributed by atoms with Crippen molar-refractivity contribution in [2.45, 2.75) is 31.7 Å². The Bertz CT molecular complexity index is 424. The second-order valence-electron chi connectivity index (χ2n) is 4.54. The molecule has 98 valence electrons. The minimum Gasteiger partial charge on any atom is -0.462 e. The van der Waals surface area contributed by atoms with Crippen LogP contribution in [-0.2, 0) is 4.74 Å². The molecule has 1 heterocycles. The average molecular weight is 250 g/mol. The van der Waals surface area contributed by atoms with Gasteiger partial charge in [-0.2, -0.15) is 0 Å². The molecule has 0 amide bonds. The molecule has 1 aromatic rings. The van der Waals surface area contributed by atoms with Gasteiger partial charge in [-0.05, 0) is 38.3 Å². The Kier molecular flexibility index (Phi) is 3.81. The molecule has 2 rings (SSSR count). The summed E-state index contributed by atoms with van der Waals surface area (Å²) in [6.45, 7) is 2.15. The smallest absolute Gasteiger partial charge is 0.341 e. The summed E-state index contributed by atoms with van der Waals surface area (Å²) in [7, 11) is 0. The number of carbonyl (C=O) groups is 1. The number of carbonyl (C=O) groups excluding carboxylic acids is 1. The van der Waals surface area contributed by atoms with E-state index in [4.69, 9.17) is 4.74 Å². The molecule has 1 aliphatic rings. The third-order valence-electron chi connectivity index (χ3n) is 3.30. The zero-order valence-corrected chi connectivity index (χ0v) is 10.5. The van der Waals surface area contributed by atoms with Gasteiger partial charge in [0.05, 0.1) is 18.8 Å². The number of pyridine rings is 1. The molecule has 0 radical (unpaired) electrons. The number of nitrogens with zero attached hydrogens (tertiary/aromatic N) is 1. The maximum absolute atomic E-state index is 11.8. The summed E-state index contributed by atoms with van der Waals surface area (Å²) in [5.41, 5.74) is 0.0920. The molecule has 1 fully saturated rings. The van der Waals surface area contributed by atoms with Gasteiger partial charge in [0.2, 0.25) is 0 Å². The fourth-order valence-corrected chi connectivity index (χ4v) is 2.06. The Morgan fingerprint density at radius 1 is 1.61 bits per heavy atom. The van der Waals surface area contributed by atoms with E-state index in [1.165, 1.54) is 0 Å². The molecule has 5 heteroatoms. The summed E-state index contributed by atoms with van der Waals surface area (Å²) in [4.78, 5) is 16.0. The Morgan fingerprint density at radius 2 is 2.39 bits per heavy atom. The Hall–Kier alpha value is -1.62. The highest BCUT2D eigenvalue weighted by atomic mass is 16.5. The summed E-state index contributed by atoms with van der Waals surface area (Å²) < 4.78 is 4.99. The first kappa shape index (κ1) is 12.8. The van der Waals surface area contributed by atoms with Gasteiger partial charge in [0, 0.05) is 6.20 Å². The maximum Gasteiger partial charge on any atom is 0.341 e. The summed E-state index contributed by atoms with van der Waals surface area (Å²) in [5, 5.41) is 12.6. The number of hydrogen-bond donors (Lipinski definition) is 2. The number of nitrogens with one attached hydrogen (secondary N) is 1. The standard InChI is InChI=1S/C13H18N2O3/c1-2-18-12(17)10-5-3-8-14-11(10)15-13(9-16)6-4-7-13/h3,5,8,16H,2,4,6-7,9H2,1H3,(H,14,15). The van der Waals surface area contributed by atoms with Gasteiger partial charge in [0.1, 0.15) is 11.4 Å². The normalized spacial score (nSPS) is 16.8. The number of esters is 1. The lowest BCUT2D eigenvalue weighted by molar-refractivity contribution is 0.0526. The number of hydrogen-bond acceptors (Lipinski definition) is 5. The summed E-state index contributed by atoms with van der Waals surface area (Å²) in [5.74, 6) is 0.102. The second-order valence-corrected chi connectivity index (χ2v) is 4.54. The fraction of sp³-hybridized carbons (Fsp3) is 0.538. The third kappa shape index (κ3) is 2.46. The van der Waals surface area contributed by atoms with E-state index in [1.807, 2.05) is 0 Å². The second kappa shape index (κ2) is 5.35. The van der Waals surface area contributed by atoms with Gasteiger partial charge in [0.25, 0.3) is 0 Å². The van der Waals surface area contributed by atoms with Crippen LogP contribution in [0.5, 0.6) is 0 Å². The minimum absolute atomic E-state index is 0.0475. The lowest BCUT2D eigenvalue weighted by Gasteiger charge is -2.41. The molecule has 0 spiro atoms. The van der Waals surface area contributed by atoms with Gasteiger partial charge in [-0.3, -0.25) is 0 Å². The predicted octanol–water partition coefficient (Wildman–Crippen LogP) is 1.59. The summed E-state index contributed by atoms with van der Waals surface area (Å²) in [6.07, 6.45) is 4.48. The molecule has 1 aromatic heterocycles. The van der Waals surface area contributed by atoms with Crippen LogP contribution < -0.4 is 5.32 Å². The van der Waals surface area contributed by atoms with E-state index in [1.54, 1.807) is 25.3 Å². The van der Waals surface area contributed by atoms with E-state index in [0.717, 1.165) is 19.3 Å². The van der Waals surface area contributed by atoms with Crippen molar-refractivity contribution >= 4 is 11.8 Å². The molecule has 0 atom stereocenters. The number of ether oxygens (including phenoxy) is 1. The van der Waals surface area contributed by atoms with E-state index in [2.05, 4.69) is 10.3 Å². The monoisotopic (exact) mass is 250 g/mol. The van der Waals surface area contributed by atoms with Crippen LogP contribution in [-0.4, -0.2) is 34.8 Å². The van der Waals surface area contributed by atoms with Gasteiger partial charge in [-0.25, -0.2) is 9.78 Å². The molecule has 0 saturated heterocycles. The van der Waals surface area contributed by atoms with Crippen LogP contribution in [0.1, 0.15) is 36.5 Å². The van der Waals surface area contributed by atoms with Crippen LogP contribution in [0, 0.1) is 0 Å². The molecule has 0 aliphatic heterocycles. The SMILES string of the molecule is CCOC(=O)c1cccnc1NC1(CO)CCC1. The van der Waals surface area contributed by atoms with E-state index in [9.17, 15) is 9.90 Å². The first-order valence-electron chi connectivity index (χ1n) is 6.22. The van der Waals surface area contributed by atoms with Crippen molar-refractivity contribution in [3.8, 4) is 0 Å². The van der Waals surface area contributed by atoms with Crippen molar-refractivity contribution in [3.05, 3.63) is 23.9 Å². The van der Waals surface area contributed by atoms with E-state index >= 15 is 0 Å². The molecule has 2 N–H and O–H groups in total. The van der Waals surface area contributed by atoms with Crippen molar-refractivity contribution in [1.82, 2.24) is 4.98 Å². The van der Waals surface area contributed by atoms with Crippen molar-refractivity contribution in [1.29, 1.82) is 0 Å². The Balaban J connectivity index is 2.19. The summed E-state index contributed by atoms with van der Waals surface area (Å²) in [6, 6.07) is 3.38. The average Bonchev–Trinajstić information content (AvgIpc) is 2.34.